The predicted octanol–water partition coefficient (Wildman–Crippen LogP) is 3.26. The summed E-state index contributed by atoms with van der Waals surface area (Å²) in [5, 5.41) is 13.4. The molecule has 4 rings (SSSR count). The van der Waals surface area contributed by atoms with Crippen LogP contribution in [0.1, 0.15) is 29.5 Å². The Morgan fingerprint density at radius 1 is 1.10 bits per heavy atom. The van der Waals surface area contributed by atoms with Crippen molar-refractivity contribution in [3.8, 4) is 11.4 Å². The van der Waals surface area contributed by atoms with Gasteiger partial charge in [-0.3, -0.25) is 14.6 Å². The lowest BCUT2D eigenvalue weighted by Gasteiger charge is -2.32. The highest BCUT2D eigenvalue weighted by Crippen LogP contribution is 2.28. The zero-order valence-corrected chi connectivity index (χ0v) is 24.7. The van der Waals surface area contributed by atoms with Gasteiger partial charge in [0.05, 0.1) is 13.1 Å². The van der Waals surface area contributed by atoms with E-state index in [1.807, 2.05) is 38.1 Å². The van der Waals surface area contributed by atoms with E-state index in [1.165, 1.54) is 11.1 Å². The predicted molar refractivity (Wildman–Crippen MR) is 156 cm³/mol. The molecule has 0 atom stereocenters. The number of rotatable bonds is 11. The molecule has 0 saturated heterocycles. The highest BCUT2D eigenvalue weighted by atomic mass is 35.5. The first-order valence-corrected chi connectivity index (χ1v) is 12.7. The molecule has 0 aliphatic carbocycles. The third-order valence-corrected chi connectivity index (χ3v) is 6.55. The Labute approximate surface area is 246 Å². The molecule has 0 spiro atoms. The van der Waals surface area contributed by atoms with Crippen LogP contribution >= 0.6 is 24.8 Å². The molecule has 0 saturated carbocycles. The van der Waals surface area contributed by atoms with Gasteiger partial charge in [0.15, 0.2) is 0 Å². The number of likely N-dealkylation sites (N-methyl/N-ethyl adjacent to an activating group) is 2. The van der Waals surface area contributed by atoms with Crippen molar-refractivity contribution < 1.29 is 18.5 Å². The second kappa shape index (κ2) is 14.9. The fourth-order valence-corrected chi connectivity index (χ4v) is 4.49. The van der Waals surface area contributed by atoms with Crippen LogP contribution in [-0.2, 0) is 22.7 Å². The van der Waals surface area contributed by atoms with Crippen LogP contribution in [0, 0.1) is 19.7 Å². The molecule has 2 heterocycles. The minimum atomic E-state index is -0.269. The minimum absolute atomic E-state index is 0. The van der Waals surface area contributed by atoms with Gasteiger partial charge < -0.3 is 20.1 Å². The van der Waals surface area contributed by atoms with Gasteiger partial charge in [-0.15, -0.1) is 24.8 Å². The summed E-state index contributed by atoms with van der Waals surface area (Å²) >= 11 is 0. The molecule has 1 aromatic heterocycles. The van der Waals surface area contributed by atoms with Crippen LogP contribution < -0.4 is 15.5 Å². The van der Waals surface area contributed by atoms with E-state index in [1.54, 1.807) is 29.9 Å². The summed E-state index contributed by atoms with van der Waals surface area (Å²) in [6.07, 6.45) is 0. The normalized spacial score (nSPS) is 12.2. The van der Waals surface area contributed by atoms with E-state index >= 15 is 0 Å². The van der Waals surface area contributed by atoms with E-state index in [0.717, 1.165) is 28.9 Å². The van der Waals surface area contributed by atoms with Crippen molar-refractivity contribution in [2.75, 3.05) is 44.7 Å². The van der Waals surface area contributed by atoms with Crippen molar-refractivity contribution >= 4 is 42.3 Å². The van der Waals surface area contributed by atoms with Crippen molar-refractivity contribution in [2.24, 2.45) is 0 Å². The third-order valence-electron chi connectivity index (χ3n) is 6.55. The molecule has 40 heavy (non-hydrogen) atoms. The molecule has 0 bridgehead atoms. The van der Waals surface area contributed by atoms with Crippen LogP contribution in [0.15, 0.2) is 40.9 Å². The molecular weight excluding hydrogens is 560 g/mol. The highest BCUT2D eigenvalue weighted by molar-refractivity contribution is 5.87. The quantitative estimate of drug-likeness (QED) is 0.325. The summed E-state index contributed by atoms with van der Waals surface area (Å²) in [5.74, 6) is 0.271. The first-order valence-electron chi connectivity index (χ1n) is 12.7. The molecule has 2 amide bonds. The number of anilines is 1. The number of aryl methyl sites for hydroxylation is 2. The van der Waals surface area contributed by atoms with Crippen LogP contribution in [-0.4, -0.2) is 71.7 Å². The lowest BCUT2D eigenvalue weighted by molar-refractivity contribution is -0.145. The molecule has 13 heteroatoms. The van der Waals surface area contributed by atoms with Gasteiger partial charge in [-0.25, -0.2) is 9.40 Å². The summed E-state index contributed by atoms with van der Waals surface area (Å²) in [6.45, 7) is 8.33. The number of benzene rings is 2. The topological polar surface area (TPSA) is 107 Å². The van der Waals surface area contributed by atoms with Gasteiger partial charge >= 0.3 is 0 Å². The standard InChI is InChI=1S/C27H34FN7O3.2ClH/c1-5-29-11-12-30-25(36)16-34(24-10-9-20(13-18(24)2)27-31-19(3)38-32-27)17-26(37)33(4)35-14-21-7-6-8-23(28)22(21)15-35;;/h6-10,13,29H,5,11-12,14-17H2,1-4H3,(H,30,36);2*1H. The van der Waals surface area contributed by atoms with Crippen LogP contribution in [0.25, 0.3) is 11.4 Å². The zero-order chi connectivity index (χ0) is 27.2. The Morgan fingerprint density at radius 2 is 1.88 bits per heavy atom. The van der Waals surface area contributed by atoms with Gasteiger partial charge in [-0.05, 0) is 48.9 Å². The summed E-state index contributed by atoms with van der Waals surface area (Å²) in [7, 11) is 1.68. The lowest BCUT2D eigenvalue weighted by atomic mass is 10.1. The van der Waals surface area contributed by atoms with E-state index in [-0.39, 0.29) is 55.5 Å². The summed E-state index contributed by atoms with van der Waals surface area (Å²) in [4.78, 5) is 32.2. The molecule has 10 nitrogen and oxygen atoms in total. The molecule has 218 valence electrons. The number of hydrogen-bond donors (Lipinski definition) is 2. The maximum Gasteiger partial charge on any atom is 0.256 e. The third kappa shape index (κ3) is 7.91. The second-order valence-electron chi connectivity index (χ2n) is 9.32. The lowest BCUT2D eigenvalue weighted by Crippen LogP contribution is -2.48. The van der Waals surface area contributed by atoms with Gasteiger partial charge in [0.2, 0.25) is 17.6 Å². The number of carbonyl (C=O) groups is 2. The summed E-state index contributed by atoms with van der Waals surface area (Å²) in [6, 6.07) is 10.6. The van der Waals surface area contributed by atoms with Gasteiger partial charge in [-0.1, -0.05) is 24.2 Å². The smallest absolute Gasteiger partial charge is 0.256 e. The average Bonchev–Trinajstić information content (AvgIpc) is 3.53. The number of halogens is 3. The van der Waals surface area contributed by atoms with Crippen molar-refractivity contribution in [3.63, 3.8) is 0 Å². The van der Waals surface area contributed by atoms with E-state index in [0.29, 0.717) is 43.5 Å². The number of nitrogens with zero attached hydrogens (tertiary/aromatic N) is 5. The first-order chi connectivity index (χ1) is 18.3. The maximum atomic E-state index is 14.3. The van der Waals surface area contributed by atoms with E-state index in [2.05, 4.69) is 20.8 Å². The SMILES string of the molecule is CCNCCNC(=O)CN(CC(=O)N(C)N1Cc2cccc(F)c2C1)c1ccc(-c2noc(C)n2)cc1C.Cl.Cl. The number of hydrazine groups is 1. The minimum Gasteiger partial charge on any atom is -0.353 e. The fraction of sp³-hybridized carbons (Fsp3) is 0.407. The average molecular weight is 597 g/mol. The summed E-state index contributed by atoms with van der Waals surface area (Å²) in [5.41, 5.74) is 3.85. The van der Waals surface area contributed by atoms with Crippen molar-refractivity contribution in [3.05, 3.63) is 64.8 Å². The molecular formula is C27H36Cl2FN7O3. The Hall–Kier alpha value is -3.25. The van der Waals surface area contributed by atoms with Crippen LogP contribution in [0.3, 0.4) is 0 Å². The molecule has 3 aromatic rings. The van der Waals surface area contributed by atoms with Crippen LogP contribution in [0.5, 0.6) is 0 Å². The van der Waals surface area contributed by atoms with Gasteiger partial charge in [0.1, 0.15) is 5.82 Å². The molecule has 2 aromatic carbocycles. The Kier molecular flexibility index (Phi) is 12.3. The molecule has 0 radical (unpaired) electrons. The maximum absolute atomic E-state index is 14.3. The molecule has 0 fully saturated rings. The van der Waals surface area contributed by atoms with Crippen LogP contribution in [0.2, 0.25) is 0 Å². The summed E-state index contributed by atoms with van der Waals surface area (Å²) < 4.78 is 19.3. The van der Waals surface area contributed by atoms with Crippen LogP contribution in [0.4, 0.5) is 10.1 Å². The number of carbonyl (C=O) groups excluding carboxylic acids is 2. The number of amides is 2. The monoisotopic (exact) mass is 595 g/mol. The zero-order valence-electron chi connectivity index (χ0n) is 23.1. The fourth-order valence-electron chi connectivity index (χ4n) is 4.49. The molecule has 2 N–H and O–H groups in total. The molecule has 0 unspecified atom stereocenters. The van der Waals surface area contributed by atoms with Gasteiger partial charge in [0.25, 0.3) is 5.91 Å². The molecule has 1 aliphatic rings. The van der Waals surface area contributed by atoms with Gasteiger partial charge in [0, 0.05) is 57.0 Å². The van der Waals surface area contributed by atoms with Crippen molar-refractivity contribution in [1.29, 1.82) is 0 Å². The van der Waals surface area contributed by atoms with Crippen molar-refractivity contribution in [2.45, 2.75) is 33.9 Å². The van der Waals surface area contributed by atoms with E-state index in [4.69, 9.17) is 4.52 Å². The highest BCUT2D eigenvalue weighted by Gasteiger charge is 2.28. The first kappa shape index (κ1) is 33.0. The number of hydrogen-bond acceptors (Lipinski definition) is 8. The van der Waals surface area contributed by atoms with E-state index < -0.39 is 0 Å². The number of nitrogens with one attached hydrogen (secondary N) is 2. The second-order valence-corrected chi connectivity index (χ2v) is 9.32. The Morgan fingerprint density at radius 3 is 2.52 bits per heavy atom. The number of aromatic nitrogens is 2. The van der Waals surface area contributed by atoms with Crippen molar-refractivity contribution in [1.82, 2.24) is 30.8 Å². The molecule has 1 aliphatic heterocycles. The largest absolute Gasteiger partial charge is 0.353 e. The Bertz CT molecular complexity index is 1310. The number of fused-ring (bicyclic) bond motifs is 1. The van der Waals surface area contributed by atoms with Gasteiger partial charge in [-0.2, -0.15) is 4.98 Å². The van der Waals surface area contributed by atoms with E-state index in [9.17, 15) is 14.0 Å². The Balaban J connectivity index is 0.00000280.